The summed E-state index contributed by atoms with van der Waals surface area (Å²) in [6.07, 6.45) is 3.60. The molecule has 5 rings (SSSR count). The van der Waals surface area contributed by atoms with E-state index in [0.29, 0.717) is 6.54 Å². The smallest absolute Gasteiger partial charge is 0.231 e. The van der Waals surface area contributed by atoms with Crippen LogP contribution in [0.4, 0.5) is 5.82 Å². The van der Waals surface area contributed by atoms with Crippen LogP contribution in [0.2, 0.25) is 0 Å². The van der Waals surface area contributed by atoms with Crippen molar-refractivity contribution < 1.29 is 14.2 Å². The highest BCUT2D eigenvalue weighted by atomic mass is 16.7. The molecular formula is C21H18N4O3. The van der Waals surface area contributed by atoms with E-state index in [1.54, 1.807) is 13.3 Å². The van der Waals surface area contributed by atoms with E-state index in [1.165, 1.54) is 0 Å². The lowest BCUT2D eigenvalue weighted by Gasteiger charge is -2.09. The predicted octanol–water partition coefficient (Wildman–Crippen LogP) is 3.75. The summed E-state index contributed by atoms with van der Waals surface area (Å²) in [5.74, 6) is 3.21. The minimum atomic E-state index is 0.255. The van der Waals surface area contributed by atoms with Crippen molar-refractivity contribution in [2.75, 3.05) is 19.2 Å². The number of nitrogens with zero attached hydrogens (tertiary/aromatic N) is 3. The Balaban J connectivity index is 1.43. The molecule has 0 amide bonds. The number of benzene rings is 2. The maximum absolute atomic E-state index is 5.49. The first-order valence-corrected chi connectivity index (χ1v) is 8.91. The number of aromatic nitrogens is 3. The van der Waals surface area contributed by atoms with Crippen LogP contribution >= 0.6 is 0 Å². The molecule has 1 aliphatic heterocycles. The Morgan fingerprint density at radius 3 is 2.79 bits per heavy atom. The van der Waals surface area contributed by atoms with Crippen LogP contribution in [0.1, 0.15) is 5.56 Å². The van der Waals surface area contributed by atoms with Gasteiger partial charge in [-0.3, -0.25) is 0 Å². The minimum absolute atomic E-state index is 0.255. The normalized spacial score (nSPS) is 12.3. The Bertz CT molecular complexity index is 1140. The van der Waals surface area contributed by atoms with Crippen molar-refractivity contribution in [1.82, 2.24) is 14.6 Å². The number of fused-ring (bicyclic) bond motifs is 2. The molecule has 0 spiro atoms. The first kappa shape index (κ1) is 16.4. The highest BCUT2D eigenvalue weighted by Crippen LogP contribution is 2.36. The van der Waals surface area contributed by atoms with E-state index in [1.807, 2.05) is 59.2 Å². The third-order valence-electron chi connectivity index (χ3n) is 4.72. The van der Waals surface area contributed by atoms with Crippen molar-refractivity contribution >= 4 is 11.5 Å². The molecule has 7 heteroatoms. The molecule has 0 bridgehead atoms. The molecule has 0 atom stereocenters. The molecule has 0 aliphatic carbocycles. The summed E-state index contributed by atoms with van der Waals surface area (Å²) in [7, 11) is 1.66. The number of ether oxygens (including phenoxy) is 3. The zero-order chi connectivity index (χ0) is 18.9. The molecule has 0 saturated heterocycles. The molecule has 28 heavy (non-hydrogen) atoms. The first-order chi connectivity index (χ1) is 13.8. The third-order valence-corrected chi connectivity index (χ3v) is 4.72. The molecular weight excluding hydrogens is 356 g/mol. The fourth-order valence-electron chi connectivity index (χ4n) is 3.23. The lowest BCUT2D eigenvalue weighted by molar-refractivity contribution is 0.174. The number of nitrogens with one attached hydrogen (secondary N) is 1. The Hall–Kier alpha value is -3.74. The van der Waals surface area contributed by atoms with Crippen LogP contribution in [-0.2, 0) is 6.54 Å². The first-order valence-electron chi connectivity index (χ1n) is 8.91. The van der Waals surface area contributed by atoms with Gasteiger partial charge in [0.15, 0.2) is 17.1 Å². The van der Waals surface area contributed by atoms with Gasteiger partial charge in [0.1, 0.15) is 11.6 Å². The van der Waals surface area contributed by atoms with Crippen LogP contribution in [-0.4, -0.2) is 28.5 Å². The number of anilines is 1. The number of rotatable bonds is 5. The molecule has 4 aromatic rings. The van der Waals surface area contributed by atoms with Crippen molar-refractivity contribution in [2.24, 2.45) is 0 Å². The maximum atomic E-state index is 5.49. The van der Waals surface area contributed by atoms with Gasteiger partial charge in [0.2, 0.25) is 6.79 Å². The largest absolute Gasteiger partial charge is 0.497 e. The molecule has 2 aromatic carbocycles. The molecule has 0 unspecified atom stereocenters. The fourth-order valence-corrected chi connectivity index (χ4v) is 3.23. The van der Waals surface area contributed by atoms with E-state index in [4.69, 9.17) is 14.2 Å². The van der Waals surface area contributed by atoms with Crippen molar-refractivity contribution in [2.45, 2.75) is 6.54 Å². The van der Waals surface area contributed by atoms with Gasteiger partial charge in [-0.2, -0.15) is 9.61 Å². The second kappa shape index (κ2) is 6.77. The van der Waals surface area contributed by atoms with Crippen LogP contribution < -0.4 is 19.5 Å². The molecule has 2 aromatic heterocycles. The minimum Gasteiger partial charge on any atom is -0.497 e. The second-order valence-electron chi connectivity index (χ2n) is 6.39. The number of methoxy groups -OCH3 is 1. The van der Waals surface area contributed by atoms with Gasteiger partial charge in [0.25, 0.3) is 0 Å². The van der Waals surface area contributed by atoms with Gasteiger partial charge in [-0.25, -0.2) is 4.98 Å². The summed E-state index contributed by atoms with van der Waals surface area (Å²) >= 11 is 0. The highest BCUT2D eigenvalue weighted by molar-refractivity contribution is 5.79. The lowest BCUT2D eigenvalue weighted by atomic mass is 10.1. The molecule has 3 heterocycles. The summed E-state index contributed by atoms with van der Waals surface area (Å²) in [6.45, 7) is 0.924. The molecule has 1 aliphatic rings. The predicted molar refractivity (Wildman–Crippen MR) is 105 cm³/mol. The summed E-state index contributed by atoms with van der Waals surface area (Å²) in [5.41, 5.74) is 3.85. The van der Waals surface area contributed by atoms with E-state index in [2.05, 4.69) is 15.4 Å². The van der Waals surface area contributed by atoms with Gasteiger partial charge in [-0.15, -0.1) is 0 Å². The molecule has 1 N–H and O–H groups in total. The Kier molecular flexibility index (Phi) is 3.97. The van der Waals surface area contributed by atoms with Gasteiger partial charge >= 0.3 is 0 Å². The van der Waals surface area contributed by atoms with Gasteiger partial charge < -0.3 is 19.5 Å². The van der Waals surface area contributed by atoms with Crippen LogP contribution in [0.5, 0.6) is 17.2 Å². The summed E-state index contributed by atoms with van der Waals surface area (Å²) in [4.78, 5) is 4.52. The van der Waals surface area contributed by atoms with E-state index in [0.717, 1.165) is 45.4 Å². The van der Waals surface area contributed by atoms with Crippen LogP contribution in [0, 0.1) is 0 Å². The average molecular weight is 374 g/mol. The van der Waals surface area contributed by atoms with E-state index in [9.17, 15) is 0 Å². The summed E-state index contributed by atoms with van der Waals surface area (Å²) < 4.78 is 17.9. The third kappa shape index (κ3) is 2.87. The molecule has 7 nitrogen and oxygen atoms in total. The standard InChI is InChI=1S/C21H18N4O3/c1-26-16-5-2-14(3-6-16)11-23-20-8-9-22-21-17(12-24-25(20)21)15-4-7-18-19(10-15)28-13-27-18/h2-10,12,23H,11,13H2,1H3. The number of hydrogen-bond acceptors (Lipinski definition) is 6. The van der Waals surface area contributed by atoms with Crippen molar-refractivity contribution in [3.63, 3.8) is 0 Å². The van der Waals surface area contributed by atoms with E-state index < -0.39 is 0 Å². The lowest BCUT2D eigenvalue weighted by Crippen LogP contribution is -2.05. The Morgan fingerprint density at radius 2 is 1.93 bits per heavy atom. The van der Waals surface area contributed by atoms with Crippen molar-refractivity contribution in [3.05, 3.63) is 66.5 Å². The molecule has 0 radical (unpaired) electrons. The maximum Gasteiger partial charge on any atom is 0.231 e. The summed E-state index contributed by atoms with van der Waals surface area (Å²) in [5, 5.41) is 7.95. The van der Waals surface area contributed by atoms with Crippen molar-refractivity contribution in [3.8, 4) is 28.4 Å². The van der Waals surface area contributed by atoms with Crippen LogP contribution in [0.25, 0.3) is 16.8 Å². The van der Waals surface area contributed by atoms with Crippen LogP contribution in [0.15, 0.2) is 60.9 Å². The zero-order valence-corrected chi connectivity index (χ0v) is 15.3. The topological polar surface area (TPSA) is 69.9 Å². The monoisotopic (exact) mass is 374 g/mol. The van der Waals surface area contributed by atoms with Gasteiger partial charge in [-0.05, 0) is 41.5 Å². The Labute approximate surface area is 161 Å². The van der Waals surface area contributed by atoms with Gasteiger partial charge in [0.05, 0.1) is 13.3 Å². The number of hydrogen-bond donors (Lipinski definition) is 1. The molecule has 0 saturated carbocycles. The highest BCUT2D eigenvalue weighted by Gasteiger charge is 2.16. The average Bonchev–Trinajstić information content (AvgIpc) is 3.39. The summed E-state index contributed by atoms with van der Waals surface area (Å²) in [6, 6.07) is 15.7. The van der Waals surface area contributed by atoms with E-state index in [-0.39, 0.29) is 6.79 Å². The van der Waals surface area contributed by atoms with Gasteiger partial charge in [-0.1, -0.05) is 18.2 Å². The van der Waals surface area contributed by atoms with Crippen molar-refractivity contribution in [1.29, 1.82) is 0 Å². The molecule has 140 valence electrons. The fraction of sp³-hybridized carbons (Fsp3) is 0.143. The SMILES string of the molecule is COc1ccc(CNc2ccnc3c(-c4ccc5c(c4)OCO5)cnn23)cc1. The second-order valence-corrected chi connectivity index (χ2v) is 6.39. The van der Waals surface area contributed by atoms with Crippen LogP contribution in [0.3, 0.4) is 0 Å². The quantitative estimate of drug-likeness (QED) is 0.574. The zero-order valence-electron chi connectivity index (χ0n) is 15.3. The Morgan fingerprint density at radius 1 is 1.07 bits per heavy atom. The molecule has 0 fully saturated rings. The van der Waals surface area contributed by atoms with E-state index >= 15 is 0 Å². The van der Waals surface area contributed by atoms with Gasteiger partial charge in [0, 0.05) is 18.3 Å².